The summed E-state index contributed by atoms with van der Waals surface area (Å²) in [7, 11) is 0. The number of carboxylic acids is 2. The Bertz CT molecular complexity index is 644. The number of amides is 3. The van der Waals surface area contributed by atoms with E-state index in [1.165, 1.54) is 0 Å². The first-order chi connectivity index (χ1) is 13.8. The third-order valence-corrected chi connectivity index (χ3v) is 4.94. The summed E-state index contributed by atoms with van der Waals surface area (Å²) in [6.07, 6.45) is -0.102. The van der Waals surface area contributed by atoms with Crippen LogP contribution in [0.15, 0.2) is 0 Å². The Morgan fingerprint density at radius 1 is 0.900 bits per heavy atom. The molecule has 0 bridgehead atoms. The van der Waals surface area contributed by atoms with Crippen molar-refractivity contribution in [3.63, 3.8) is 0 Å². The van der Waals surface area contributed by atoms with Gasteiger partial charge in [-0.15, -0.1) is 0 Å². The van der Waals surface area contributed by atoms with Crippen LogP contribution in [-0.2, 0) is 24.0 Å². The normalized spacial score (nSPS) is 16.0. The zero-order valence-electron chi connectivity index (χ0n) is 17.5. The van der Waals surface area contributed by atoms with Crippen molar-refractivity contribution in [2.24, 2.45) is 17.6 Å². The molecule has 3 amide bonds. The van der Waals surface area contributed by atoms with Crippen LogP contribution >= 0.6 is 12.6 Å². The van der Waals surface area contributed by atoms with E-state index in [4.69, 9.17) is 10.8 Å². The van der Waals surface area contributed by atoms with Gasteiger partial charge in [0.05, 0.1) is 12.5 Å². The molecule has 0 aliphatic carbocycles. The smallest absolute Gasteiger partial charge is 0.326 e. The average Bonchev–Trinajstić information content (AvgIpc) is 2.65. The molecular formula is C18H32N4O7S. The number of nitrogens with two attached hydrogens (primary N) is 1. The van der Waals surface area contributed by atoms with E-state index in [2.05, 4.69) is 28.6 Å². The molecule has 0 aromatic rings. The Hall–Kier alpha value is -2.34. The first-order valence-electron chi connectivity index (χ1n) is 9.57. The highest BCUT2D eigenvalue weighted by Gasteiger charge is 2.33. The van der Waals surface area contributed by atoms with E-state index >= 15 is 0 Å². The summed E-state index contributed by atoms with van der Waals surface area (Å²) >= 11 is 4.02. The molecular weight excluding hydrogens is 416 g/mol. The number of carbonyl (C=O) groups is 5. The molecule has 0 aromatic carbocycles. The predicted octanol–water partition coefficient (Wildman–Crippen LogP) is -1.04. The number of aliphatic carboxylic acids is 2. The van der Waals surface area contributed by atoms with Gasteiger partial charge >= 0.3 is 11.9 Å². The molecule has 12 heteroatoms. The Balaban J connectivity index is 5.32. The maximum Gasteiger partial charge on any atom is 0.326 e. The Morgan fingerprint density at radius 2 is 1.43 bits per heavy atom. The van der Waals surface area contributed by atoms with Crippen LogP contribution in [0.25, 0.3) is 0 Å². The number of nitrogens with one attached hydrogen (secondary N) is 3. The van der Waals surface area contributed by atoms with Crippen molar-refractivity contribution in [3.05, 3.63) is 0 Å². The molecule has 0 rings (SSSR count). The lowest BCUT2D eigenvalue weighted by Gasteiger charge is -2.28. The molecule has 0 aliphatic rings. The van der Waals surface area contributed by atoms with E-state index in [9.17, 15) is 29.1 Å². The number of hydrogen-bond acceptors (Lipinski definition) is 7. The van der Waals surface area contributed by atoms with E-state index < -0.39 is 60.2 Å². The van der Waals surface area contributed by atoms with E-state index in [0.717, 1.165) is 0 Å². The van der Waals surface area contributed by atoms with Crippen molar-refractivity contribution in [2.75, 3.05) is 5.75 Å². The molecule has 0 spiro atoms. The minimum absolute atomic E-state index is 0.129. The van der Waals surface area contributed by atoms with Gasteiger partial charge in [0.2, 0.25) is 17.7 Å². The van der Waals surface area contributed by atoms with Crippen LogP contribution in [0.4, 0.5) is 0 Å². The van der Waals surface area contributed by atoms with Crippen LogP contribution in [0.2, 0.25) is 0 Å². The van der Waals surface area contributed by atoms with Crippen molar-refractivity contribution in [3.8, 4) is 0 Å². The summed E-state index contributed by atoms with van der Waals surface area (Å²) in [4.78, 5) is 59.3. The molecule has 0 saturated carbocycles. The first kappa shape index (κ1) is 27.7. The first-order valence-corrected chi connectivity index (χ1v) is 10.2. The molecule has 0 radical (unpaired) electrons. The zero-order chi connectivity index (χ0) is 23.6. The van der Waals surface area contributed by atoms with Crippen LogP contribution in [0.3, 0.4) is 0 Å². The Kier molecular flexibility index (Phi) is 12.0. The van der Waals surface area contributed by atoms with Gasteiger partial charge in [-0.2, -0.15) is 12.6 Å². The quantitative estimate of drug-likeness (QED) is 0.174. The van der Waals surface area contributed by atoms with Crippen molar-refractivity contribution < 1.29 is 34.2 Å². The molecule has 0 aliphatic heterocycles. The summed E-state index contributed by atoms with van der Waals surface area (Å²) in [6, 6.07) is -4.69. The lowest BCUT2D eigenvalue weighted by molar-refractivity contribution is -0.144. The molecule has 172 valence electrons. The van der Waals surface area contributed by atoms with E-state index in [-0.39, 0.29) is 17.6 Å². The monoisotopic (exact) mass is 448 g/mol. The molecule has 5 unspecified atom stereocenters. The van der Waals surface area contributed by atoms with Crippen LogP contribution < -0.4 is 21.7 Å². The van der Waals surface area contributed by atoms with Gasteiger partial charge in [0.25, 0.3) is 0 Å². The number of rotatable bonds is 13. The molecule has 0 heterocycles. The van der Waals surface area contributed by atoms with E-state index in [0.29, 0.717) is 6.42 Å². The predicted molar refractivity (Wildman–Crippen MR) is 112 cm³/mol. The van der Waals surface area contributed by atoms with Gasteiger partial charge in [-0.3, -0.25) is 19.2 Å². The number of carboxylic acid groups (broad SMARTS) is 2. The minimum atomic E-state index is -1.35. The van der Waals surface area contributed by atoms with Gasteiger partial charge in [0.1, 0.15) is 18.1 Å². The van der Waals surface area contributed by atoms with Gasteiger partial charge in [0, 0.05) is 5.75 Å². The fraction of sp³-hybridized carbons (Fsp3) is 0.722. The average molecular weight is 449 g/mol. The maximum absolute atomic E-state index is 12.7. The van der Waals surface area contributed by atoms with E-state index in [1.54, 1.807) is 27.7 Å². The standard InChI is InChI=1S/C18H32N4O7S/c1-5-9(4)14(17(27)21-13(8(2)3)18(28)29)22-16(26)11(7-30)20-15(25)10(19)6-12(23)24/h8-11,13-14,30H,5-7,19H2,1-4H3,(H,20,25)(H,21,27)(H,22,26)(H,23,24)(H,28,29). The summed E-state index contributed by atoms with van der Waals surface area (Å²) < 4.78 is 0. The second-order valence-electron chi connectivity index (χ2n) is 7.39. The summed E-state index contributed by atoms with van der Waals surface area (Å²) in [5.41, 5.74) is 5.48. The Morgan fingerprint density at radius 3 is 1.83 bits per heavy atom. The largest absolute Gasteiger partial charge is 0.481 e. The Labute approximate surface area is 180 Å². The van der Waals surface area contributed by atoms with Crippen molar-refractivity contribution in [2.45, 2.75) is 64.7 Å². The van der Waals surface area contributed by atoms with Gasteiger partial charge in [-0.05, 0) is 11.8 Å². The lowest BCUT2D eigenvalue weighted by Crippen LogP contribution is -2.59. The fourth-order valence-corrected chi connectivity index (χ4v) is 2.72. The van der Waals surface area contributed by atoms with Gasteiger partial charge in [-0.1, -0.05) is 34.1 Å². The number of hydrogen-bond donors (Lipinski definition) is 7. The molecule has 7 N–H and O–H groups in total. The van der Waals surface area contributed by atoms with Crippen molar-refractivity contribution >= 4 is 42.3 Å². The summed E-state index contributed by atoms with van der Waals surface area (Å²) in [5, 5.41) is 25.2. The van der Waals surface area contributed by atoms with Gasteiger partial charge in [0.15, 0.2) is 0 Å². The number of thiol groups is 1. The topological polar surface area (TPSA) is 188 Å². The van der Waals surface area contributed by atoms with Crippen LogP contribution in [-0.4, -0.2) is 69.8 Å². The maximum atomic E-state index is 12.7. The molecule has 0 aromatic heterocycles. The van der Waals surface area contributed by atoms with E-state index in [1.807, 2.05) is 0 Å². The molecule has 30 heavy (non-hydrogen) atoms. The highest BCUT2D eigenvalue weighted by atomic mass is 32.1. The number of carbonyl (C=O) groups excluding carboxylic acids is 3. The van der Waals surface area contributed by atoms with Crippen molar-refractivity contribution in [1.29, 1.82) is 0 Å². The fourth-order valence-electron chi connectivity index (χ4n) is 2.47. The molecule has 0 fully saturated rings. The third kappa shape index (κ3) is 8.99. The van der Waals surface area contributed by atoms with Crippen LogP contribution in [0.5, 0.6) is 0 Å². The highest BCUT2D eigenvalue weighted by Crippen LogP contribution is 2.11. The summed E-state index contributed by atoms with van der Waals surface area (Å²) in [5.74, 6) is -5.53. The third-order valence-electron chi connectivity index (χ3n) is 4.57. The van der Waals surface area contributed by atoms with Crippen LogP contribution in [0.1, 0.15) is 40.5 Å². The van der Waals surface area contributed by atoms with Gasteiger partial charge in [-0.25, -0.2) is 4.79 Å². The minimum Gasteiger partial charge on any atom is -0.481 e. The summed E-state index contributed by atoms with van der Waals surface area (Å²) in [6.45, 7) is 6.80. The SMILES string of the molecule is CCC(C)C(NC(=O)C(CS)NC(=O)C(N)CC(=O)O)C(=O)NC(C(=O)O)C(C)C. The van der Waals surface area contributed by atoms with Crippen LogP contribution in [0, 0.1) is 11.8 Å². The molecule has 5 atom stereocenters. The highest BCUT2D eigenvalue weighted by molar-refractivity contribution is 7.80. The molecule has 11 nitrogen and oxygen atoms in total. The lowest BCUT2D eigenvalue weighted by atomic mass is 9.96. The zero-order valence-corrected chi connectivity index (χ0v) is 18.4. The van der Waals surface area contributed by atoms with Crippen molar-refractivity contribution in [1.82, 2.24) is 16.0 Å². The second kappa shape index (κ2) is 13.1. The molecule has 0 saturated heterocycles. The second-order valence-corrected chi connectivity index (χ2v) is 7.75. The van der Waals surface area contributed by atoms with Gasteiger partial charge < -0.3 is 31.9 Å².